The molecule has 0 saturated carbocycles. The highest BCUT2D eigenvalue weighted by Crippen LogP contribution is 2.28. The molecule has 0 radical (unpaired) electrons. The zero-order chi connectivity index (χ0) is 19.6. The fourth-order valence-electron chi connectivity index (χ4n) is 3.61. The summed E-state index contributed by atoms with van der Waals surface area (Å²) in [5.41, 5.74) is 1.47. The summed E-state index contributed by atoms with van der Waals surface area (Å²) in [5.74, 6) is -0.0831. The number of nitrogens with one attached hydrogen (secondary N) is 1. The summed E-state index contributed by atoms with van der Waals surface area (Å²) < 4.78 is 36.9. The minimum Gasteiger partial charge on any atom is -0.383 e. The molecule has 2 aromatic carbocycles. The third kappa shape index (κ3) is 3.37. The molecule has 2 aliphatic heterocycles. The van der Waals surface area contributed by atoms with Gasteiger partial charge < -0.3 is 9.26 Å². The van der Waals surface area contributed by atoms with Crippen LogP contribution in [-0.4, -0.2) is 48.5 Å². The van der Waals surface area contributed by atoms with Crippen molar-refractivity contribution >= 4 is 26.0 Å². The fourth-order valence-corrected chi connectivity index (χ4v) is 3.90. The van der Waals surface area contributed by atoms with Crippen molar-refractivity contribution in [1.82, 2.24) is 4.90 Å². The molecule has 6 nitrogen and oxygen atoms in total. The SMILES string of the molecule is CC1(N2CCOCC2)[NH+]=C(c2ccccc2F)c2ccccc2N=C1OP=O. The zero-order valence-electron chi connectivity index (χ0n) is 15.4. The first kappa shape index (κ1) is 18.9. The van der Waals surface area contributed by atoms with Crippen molar-refractivity contribution in [2.45, 2.75) is 12.6 Å². The van der Waals surface area contributed by atoms with Crippen molar-refractivity contribution in [3.8, 4) is 0 Å². The summed E-state index contributed by atoms with van der Waals surface area (Å²) in [7, 11) is -0.503. The highest BCUT2D eigenvalue weighted by Gasteiger charge is 2.48. The maximum Gasteiger partial charge on any atom is 0.397 e. The first-order valence-electron chi connectivity index (χ1n) is 9.04. The molecular formula is C20H20FN3O3P+. The van der Waals surface area contributed by atoms with Crippen molar-refractivity contribution in [2.24, 2.45) is 4.99 Å². The molecule has 2 aromatic rings. The average molecular weight is 400 g/mol. The lowest BCUT2D eigenvalue weighted by atomic mass is 9.99. The van der Waals surface area contributed by atoms with Gasteiger partial charge >= 0.3 is 8.69 Å². The second-order valence-corrected chi connectivity index (χ2v) is 7.08. The number of hydrogen-bond acceptors (Lipinski definition) is 5. The van der Waals surface area contributed by atoms with Gasteiger partial charge in [-0.1, -0.05) is 24.3 Å². The molecule has 1 atom stereocenters. The van der Waals surface area contributed by atoms with Crippen molar-refractivity contribution in [3.05, 3.63) is 65.5 Å². The van der Waals surface area contributed by atoms with E-state index < -0.39 is 14.3 Å². The van der Waals surface area contributed by atoms with E-state index in [9.17, 15) is 8.96 Å². The third-order valence-corrected chi connectivity index (χ3v) is 5.34. The summed E-state index contributed by atoms with van der Waals surface area (Å²) >= 11 is 0. The Labute approximate surface area is 164 Å². The van der Waals surface area contributed by atoms with Crippen LogP contribution in [0.2, 0.25) is 0 Å². The molecule has 2 heterocycles. The summed E-state index contributed by atoms with van der Waals surface area (Å²) in [4.78, 5) is 10.2. The number of nitrogens with zero attached hydrogens (tertiary/aromatic N) is 2. The number of ether oxygens (including phenoxy) is 1. The van der Waals surface area contributed by atoms with Crippen LogP contribution >= 0.6 is 8.69 Å². The predicted octanol–water partition coefficient (Wildman–Crippen LogP) is 2.06. The van der Waals surface area contributed by atoms with Crippen LogP contribution in [0.15, 0.2) is 53.5 Å². The molecule has 0 aliphatic carbocycles. The van der Waals surface area contributed by atoms with Crippen LogP contribution in [-0.2, 0) is 13.8 Å². The maximum atomic E-state index is 14.7. The quantitative estimate of drug-likeness (QED) is 0.802. The highest BCUT2D eigenvalue weighted by atomic mass is 31.1. The van der Waals surface area contributed by atoms with Crippen molar-refractivity contribution in [1.29, 1.82) is 0 Å². The molecule has 4 rings (SSSR count). The standard InChI is InChI=1S/C20H19FN3O3P/c1-20(24-10-12-26-13-11-24)19(27-28-25)22-17-9-5-3-7-15(17)18(23-20)14-6-2-4-8-16(14)21/h2-9H,10-13H2,1H3/p+1. The Balaban J connectivity index is 1.97. The van der Waals surface area contributed by atoms with E-state index in [1.54, 1.807) is 18.2 Å². The number of aliphatic imine (C=N–C) groups is 1. The number of benzene rings is 2. The topological polar surface area (TPSA) is 65.1 Å². The second kappa shape index (κ2) is 7.87. The number of halogens is 1. The third-order valence-electron chi connectivity index (χ3n) is 5.09. The van der Waals surface area contributed by atoms with Gasteiger partial charge in [-0.3, -0.25) is 0 Å². The monoisotopic (exact) mass is 400 g/mol. The van der Waals surface area contributed by atoms with Crippen LogP contribution in [0.25, 0.3) is 0 Å². The molecular weight excluding hydrogens is 380 g/mol. The van der Waals surface area contributed by atoms with Gasteiger partial charge in [0.2, 0.25) is 5.71 Å². The minimum absolute atomic E-state index is 0.254. The van der Waals surface area contributed by atoms with Gasteiger partial charge in [-0.15, -0.1) is 0 Å². The Hall–Kier alpha value is -2.47. The fraction of sp³-hybridized carbons (Fsp3) is 0.300. The molecule has 0 amide bonds. The van der Waals surface area contributed by atoms with E-state index in [0.29, 0.717) is 43.3 Å². The maximum absolute atomic E-state index is 14.7. The molecule has 2 aliphatic rings. The first-order valence-corrected chi connectivity index (χ1v) is 9.77. The first-order chi connectivity index (χ1) is 13.6. The van der Waals surface area contributed by atoms with Crippen LogP contribution in [0.3, 0.4) is 0 Å². The Kier molecular flexibility index (Phi) is 5.31. The number of rotatable bonds is 3. The number of para-hydroxylation sites is 1. The lowest BCUT2D eigenvalue weighted by Gasteiger charge is -2.35. The Morgan fingerprint density at radius 2 is 1.82 bits per heavy atom. The molecule has 1 unspecified atom stereocenters. The summed E-state index contributed by atoms with van der Waals surface area (Å²) in [6.45, 7) is 4.27. The van der Waals surface area contributed by atoms with E-state index in [-0.39, 0.29) is 11.7 Å². The Morgan fingerprint density at radius 3 is 2.54 bits per heavy atom. The van der Waals surface area contributed by atoms with Gasteiger partial charge in [-0.2, -0.15) is 0 Å². The van der Waals surface area contributed by atoms with Gasteiger partial charge in [0.15, 0.2) is 0 Å². The predicted molar refractivity (Wildman–Crippen MR) is 104 cm³/mol. The number of fused-ring (bicyclic) bond motifs is 1. The van der Waals surface area contributed by atoms with Gasteiger partial charge in [0, 0.05) is 20.0 Å². The van der Waals surface area contributed by atoms with Crippen LogP contribution in [0, 0.1) is 5.82 Å². The van der Waals surface area contributed by atoms with Crippen LogP contribution < -0.4 is 4.99 Å². The largest absolute Gasteiger partial charge is 0.397 e. The Bertz CT molecular complexity index is 959. The van der Waals surface area contributed by atoms with E-state index in [4.69, 9.17) is 9.26 Å². The second-order valence-electron chi connectivity index (χ2n) is 6.75. The zero-order valence-corrected chi connectivity index (χ0v) is 16.3. The lowest BCUT2D eigenvalue weighted by molar-refractivity contribution is -0.560. The Morgan fingerprint density at radius 1 is 1.14 bits per heavy atom. The highest BCUT2D eigenvalue weighted by molar-refractivity contribution is 7.18. The van der Waals surface area contributed by atoms with Crippen molar-refractivity contribution < 1.29 is 23.2 Å². The molecule has 0 aromatic heterocycles. The van der Waals surface area contributed by atoms with Crippen LogP contribution in [0.1, 0.15) is 18.1 Å². The van der Waals surface area contributed by atoms with E-state index in [1.807, 2.05) is 31.2 Å². The normalized spacial score (nSPS) is 22.8. The average Bonchev–Trinajstić information content (AvgIpc) is 2.85. The number of morpholine rings is 1. The molecule has 0 bridgehead atoms. The molecule has 8 heteroatoms. The molecule has 28 heavy (non-hydrogen) atoms. The van der Waals surface area contributed by atoms with E-state index in [1.165, 1.54) is 6.07 Å². The van der Waals surface area contributed by atoms with Gasteiger partial charge in [-0.05, 0) is 24.3 Å². The molecule has 1 saturated heterocycles. The molecule has 1 fully saturated rings. The summed E-state index contributed by atoms with van der Waals surface area (Å²) in [6.07, 6.45) is 0. The molecule has 144 valence electrons. The summed E-state index contributed by atoms with van der Waals surface area (Å²) in [5, 5.41) is 0. The van der Waals surface area contributed by atoms with Crippen molar-refractivity contribution in [3.63, 3.8) is 0 Å². The van der Waals surface area contributed by atoms with Gasteiger partial charge in [0.05, 0.1) is 30.0 Å². The van der Waals surface area contributed by atoms with E-state index >= 15 is 0 Å². The lowest BCUT2D eigenvalue weighted by Crippen LogP contribution is -2.94. The van der Waals surface area contributed by atoms with Crippen LogP contribution in [0.5, 0.6) is 0 Å². The van der Waals surface area contributed by atoms with Crippen LogP contribution in [0.4, 0.5) is 10.1 Å². The van der Waals surface area contributed by atoms with Gasteiger partial charge in [0.1, 0.15) is 5.82 Å². The minimum atomic E-state index is -0.933. The van der Waals surface area contributed by atoms with E-state index in [0.717, 1.165) is 5.56 Å². The smallest absolute Gasteiger partial charge is 0.383 e. The van der Waals surface area contributed by atoms with E-state index in [2.05, 4.69) is 14.9 Å². The number of hydrogen-bond donors (Lipinski definition) is 1. The van der Waals surface area contributed by atoms with Gasteiger partial charge in [0.25, 0.3) is 11.6 Å². The van der Waals surface area contributed by atoms with Gasteiger partial charge in [-0.25, -0.2) is 23.8 Å². The molecule has 1 N–H and O–H groups in total. The summed E-state index contributed by atoms with van der Waals surface area (Å²) in [6, 6.07) is 14.0. The van der Waals surface area contributed by atoms with Crippen molar-refractivity contribution in [2.75, 3.05) is 26.3 Å². The molecule has 0 spiro atoms.